The number of alkyl halides is 3. The summed E-state index contributed by atoms with van der Waals surface area (Å²) in [6, 6.07) is -0.878. The number of halogens is 4. The Morgan fingerprint density at radius 1 is 1.53 bits per heavy atom. The monoisotopic (exact) mass is 246 g/mol. The van der Waals surface area contributed by atoms with E-state index >= 15 is 0 Å². The van der Waals surface area contributed by atoms with Gasteiger partial charge in [0.15, 0.2) is 0 Å². The van der Waals surface area contributed by atoms with Crippen LogP contribution in [0.5, 0.6) is 0 Å². The summed E-state index contributed by atoms with van der Waals surface area (Å²) in [5, 5.41) is 2.26. The van der Waals surface area contributed by atoms with Gasteiger partial charge in [-0.1, -0.05) is 6.92 Å². The van der Waals surface area contributed by atoms with Gasteiger partial charge in [-0.15, -0.1) is 12.4 Å². The van der Waals surface area contributed by atoms with Gasteiger partial charge in [0.1, 0.15) is 5.54 Å². The molecule has 90 valence electrons. The summed E-state index contributed by atoms with van der Waals surface area (Å²) in [7, 11) is 0. The van der Waals surface area contributed by atoms with Crippen molar-refractivity contribution < 1.29 is 18.0 Å². The van der Waals surface area contributed by atoms with Crippen molar-refractivity contribution in [3.8, 4) is 0 Å². The van der Waals surface area contributed by atoms with E-state index in [0.717, 1.165) is 6.92 Å². The van der Waals surface area contributed by atoms with Gasteiger partial charge >= 0.3 is 6.18 Å². The zero-order valence-electron chi connectivity index (χ0n) is 8.39. The second kappa shape index (κ2) is 4.17. The first kappa shape index (κ1) is 14.5. The molecule has 0 aromatic carbocycles. The number of amides is 1. The molecule has 0 bridgehead atoms. The lowest BCUT2D eigenvalue weighted by atomic mass is 9.88. The number of hydrogen-bond acceptors (Lipinski definition) is 2. The standard InChI is InChI=1S/C8H13F3N2O.ClH/c1-4-3-5(6(12)14)13-7(4,2)8(9,10)11;/h4-5,13H,3H2,1-2H3,(H2,12,14);1H. The highest BCUT2D eigenvalue weighted by Crippen LogP contribution is 2.42. The quantitative estimate of drug-likeness (QED) is 0.731. The first-order chi connectivity index (χ1) is 6.18. The van der Waals surface area contributed by atoms with E-state index in [1.54, 1.807) is 0 Å². The Morgan fingerprint density at radius 3 is 2.20 bits per heavy atom. The van der Waals surface area contributed by atoms with Crippen LogP contribution in [0.4, 0.5) is 13.2 Å². The molecular formula is C8H14ClF3N2O. The van der Waals surface area contributed by atoms with E-state index in [4.69, 9.17) is 5.73 Å². The lowest BCUT2D eigenvalue weighted by molar-refractivity contribution is -0.197. The van der Waals surface area contributed by atoms with Crippen molar-refractivity contribution in [1.29, 1.82) is 0 Å². The van der Waals surface area contributed by atoms with Crippen LogP contribution in [0.1, 0.15) is 20.3 Å². The van der Waals surface area contributed by atoms with E-state index in [1.807, 2.05) is 0 Å². The van der Waals surface area contributed by atoms with Crippen LogP contribution >= 0.6 is 12.4 Å². The molecule has 3 N–H and O–H groups in total. The van der Waals surface area contributed by atoms with E-state index in [1.165, 1.54) is 6.92 Å². The minimum absolute atomic E-state index is 0. The highest BCUT2D eigenvalue weighted by Gasteiger charge is 2.59. The molecule has 0 spiro atoms. The topological polar surface area (TPSA) is 55.1 Å². The molecule has 1 fully saturated rings. The Labute approximate surface area is 92.0 Å². The van der Waals surface area contributed by atoms with Crippen LogP contribution in [0, 0.1) is 5.92 Å². The maximum atomic E-state index is 12.6. The van der Waals surface area contributed by atoms with Crippen molar-refractivity contribution >= 4 is 18.3 Å². The molecule has 1 aliphatic rings. The van der Waals surface area contributed by atoms with Crippen LogP contribution < -0.4 is 11.1 Å². The summed E-state index contributed by atoms with van der Waals surface area (Å²) >= 11 is 0. The van der Waals surface area contributed by atoms with Gasteiger partial charge in [0.2, 0.25) is 5.91 Å². The molecule has 0 aliphatic carbocycles. The maximum absolute atomic E-state index is 12.6. The smallest absolute Gasteiger partial charge is 0.368 e. The Kier molecular flexibility index (Phi) is 4.04. The molecule has 1 rings (SSSR count). The molecule has 0 aromatic rings. The molecule has 3 nitrogen and oxygen atoms in total. The number of carbonyl (C=O) groups is 1. The van der Waals surface area contributed by atoms with Gasteiger partial charge < -0.3 is 5.73 Å². The molecule has 3 atom stereocenters. The fourth-order valence-electron chi connectivity index (χ4n) is 1.70. The third-order valence-electron chi connectivity index (χ3n) is 2.98. The van der Waals surface area contributed by atoms with E-state index in [-0.39, 0.29) is 18.8 Å². The van der Waals surface area contributed by atoms with Crippen LogP contribution in [-0.2, 0) is 4.79 Å². The summed E-state index contributed by atoms with van der Waals surface area (Å²) in [6.45, 7) is 2.52. The average Bonchev–Trinajstić information content (AvgIpc) is 2.28. The lowest BCUT2D eigenvalue weighted by Gasteiger charge is -2.32. The van der Waals surface area contributed by atoms with E-state index in [0.29, 0.717) is 0 Å². The normalized spacial score (nSPS) is 36.1. The number of nitrogens with two attached hydrogens (primary N) is 1. The number of hydrogen-bond donors (Lipinski definition) is 2. The van der Waals surface area contributed by atoms with Crippen molar-refractivity contribution in [2.75, 3.05) is 0 Å². The van der Waals surface area contributed by atoms with Gasteiger partial charge in [0.05, 0.1) is 6.04 Å². The second-order valence-corrected chi connectivity index (χ2v) is 3.94. The fraction of sp³-hybridized carbons (Fsp3) is 0.875. The Balaban J connectivity index is 0.00000196. The molecule has 1 amide bonds. The van der Waals surface area contributed by atoms with Crippen LogP contribution in [0.3, 0.4) is 0 Å². The zero-order valence-corrected chi connectivity index (χ0v) is 9.21. The van der Waals surface area contributed by atoms with Crippen LogP contribution in [0.25, 0.3) is 0 Å². The summed E-state index contributed by atoms with van der Waals surface area (Å²) in [4.78, 5) is 10.8. The highest BCUT2D eigenvalue weighted by atomic mass is 35.5. The predicted octanol–water partition coefficient (Wildman–Crippen LogP) is 1.21. The Hall–Kier alpha value is -0.490. The molecule has 0 radical (unpaired) electrons. The molecule has 3 unspecified atom stereocenters. The minimum Gasteiger partial charge on any atom is -0.368 e. The van der Waals surface area contributed by atoms with Gasteiger partial charge in [0.25, 0.3) is 0 Å². The van der Waals surface area contributed by atoms with E-state index in [2.05, 4.69) is 5.32 Å². The number of rotatable bonds is 1. The van der Waals surface area contributed by atoms with Crippen molar-refractivity contribution in [3.63, 3.8) is 0 Å². The first-order valence-electron chi connectivity index (χ1n) is 4.32. The second-order valence-electron chi connectivity index (χ2n) is 3.94. The predicted molar refractivity (Wildman–Crippen MR) is 51.6 cm³/mol. The molecule has 1 heterocycles. The zero-order chi connectivity index (χ0) is 11.1. The van der Waals surface area contributed by atoms with Gasteiger partial charge in [-0.3, -0.25) is 10.1 Å². The average molecular weight is 247 g/mol. The SMILES string of the molecule is CC1CC(C(N)=O)NC1(C)C(F)(F)F.Cl. The van der Waals surface area contributed by atoms with Crippen molar-refractivity contribution in [3.05, 3.63) is 0 Å². The molecule has 1 aliphatic heterocycles. The number of carbonyl (C=O) groups excluding carboxylic acids is 1. The van der Waals surface area contributed by atoms with Crippen molar-refractivity contribution in [2.45, 2.75) is 38.0 Å². The number of primary amides is 1. The summed E-state index contributed by atoms with van der Waals surface area (Å²) in [6.07, 6.45) is -4.23. The number of nitrogens with one attached hydrogen (secondary N) is 1. The summed E-state index contributed by atoms with van der Waals surface area (Å²) < 4.78 is 37.9. The van der Waals surface area contributed by atoms with Gasteiger partial charge in [-0.25, -0.2) is 0 Å². The molecule has 0 saturated carbocycles. The van der Waals surface area contributed by atoms with Crippen LogP contribution in [-0.4, -0.2) is 23.7 Å². The first-order valence-corrected chi connectivity index (χ1v) is 4.32. The summed E-state index contributed by atoms with van der Waals surface area (Å²) in [5.74, 6) is -1.38. The molecule has 7 heteroatoms. The van der Waals surface area contributed by atoms with E-state index < -0.39 is 29.6 Å². The van der Waals surface area contributed by atoms with Crippen LogP contribution in [0.15, 0.2) is 0 Å². The Morgan fingerprint density at radius 2 is 2.00 bits per heavy atom. The molecule has 15 heavy (non-hydrogen) atoms. The third kappa shape index (κ3) is 2.36. The molecular weight excluding hydrogens is 233 g/mol. The fourth-order valence-corrected chi connectivity index (χ4v) is 1.70. The van der Waals surface area contributed by atoms with Gasteiger partial charge in [-0.2, -0.15) is 13.2 Å². The largest absolute Gasteiger partial charge is 0.406 e. The minimum atomic E-state index is -4.36. The molecule has 1 saturated heterocycles. The lowest BCUT2D eigenvalue weighted by Crippen LogP contribution is -2.56. The maximum Gasteiger partial charge on any atom is 0.406 e. The Bertz CT molecular complexity index is 259. The van der Waals surface area contributed by atoms with E-state index in [9.17, 15) is 18.0 Å². The van der Waals surface area contributed by atoms with Gasteiger partial charge in [-0.05, 0) is 19.3 Å². The van der Waals surface area contributed by atoms with Gasteiger partial charge in [0, 0.05) is 0 Å². The van der Waals surface area contributed by atoms with Crippen molar-refractivity contribution in [2.24, 2.45) is 11.7 Å². The third-order valence-corrected chi connectivity index (χ3v) is 2.98. The highest BCUT2D eigenvalue weighted by molar-refractivity contribution is 5.85. The summed E-state index contributed by atoms with van der Waals surface area (Å²) in [5.41, 5.74) is 2.95. The molecule has 0 aromatic heterocycles. The van der Waals surface area contributed by atoms with Crippen LogP contribution in [0.2, 0.25) is 0 Å². The van der Waals surface area contributed by atoms with Crippen molar-refractivity contribution in [1.82, 2.24) is 5.32 Å².